The van der Waals surface area contributed by atoms with Crippen LogP contribution in [-0.2, 0) is 26.0 Å². The third kappa shape index (κ3) is 4.26. The van der Waals surface area contributed by atoms with Crippen LogP contribution in [0.2, 0.25) is 0 Å². The van der Waals surface area contributed by atoms with Gasteiger partial charge >= 0.3 is 5.97 Å². The maximum absolute atomic E-state index is 12.2. The molecule has 0 amide bonds. The monoisotopic (exact) mass is 313 g/mol. The minimum Gasteiger partial charge on any atom is -0.481 e. The Morgan fingerprint density at radius 1 is 1.38 bits per heavy atom. The SMILES string of the molecule is CC1(CNS(=O)(=O)c2ccc(CC(=O)O)cc2)CCCO1. The topological polar surface area (TPSA) is 92.7 Å². The Labute approximate surface area is 124 Å². The molecule has 21 heavy (non-hydrogen) atoms. The van der Waals surface area contributed by atoms with Crippen molar-refractivity contribution < 1.29 is 23.1 Å². The molecule has 6 nitrogen and oxygen atoms in total. The molecule has 0 spiro atoms. The first-order chi connectivity index (χ1) is 9.81. The normalized spacial score (nSPS) is 22.3. The Morgan fingerprint density at radius 2 is 2.05 bits per heavy atom. The van der Waals surface area contributed by atoms with Crippen molar-refractivity contribution in [3.8, 4) is 0 Å². The number of benzene rings is 1. The number of rotatable bonds is 6. The maximum atomic E-state index is 12.2. The Bertz CT molecular complexity index is 603. The van der Waals surface area contributed by atoms with Gasteiger partial charge in [-0.05, 0) is 37.5 Å². The Balaban J connectivity index is 2.03. The second-order valence-electron chi connectivity index (χ2n) is 5.44. The van der Waals surface area contributed by atoms with Gasteiger partial charge in [-0.25, -0.2) is 13.1 Å². The molecule has 0 radical (unpaired) electrons. The van der Waals surface area contributed by atoms with E-state index in [1.165, 1.54) is 24.3 Å². The summed E-state index contributed by atoms with van der Waals surface area (Å²) in [6, 6.07) is 5.85. The van der Waals surface area contributed by atoms with Crippen molar-refractivity contribution in [1.82, 2.24) is 4.72 Å². The summed E-state index contributed by atoms with van der Waals surface area (Å²) < 4.78 is 32.5. The summed E-state index contributed by atoms with van der Waals surface area (Å²) in [5.41, 5.74) is 0.114. The van der Waals surface area contributed by atoms with E-state index in [1.54, 1.807) is 0 Å². The molecule has 1 saturated heterocycles. The highest BCUT2D eigenvalue weighted by molar-refractivity contribution is 7.89. The average Bonchev–Trinajstić information content (AvgIpc) is 2.84. The molecule has 116 valence electrons. The summed E-state index contributed by atoms with van der Waals surface area (Å²) in [5.74, 6) is -0.949. The second-order valence-corrected chi connectivity index (χ2v) is 7.21. The molecule has 1 aromatic carbocycles. The van der Waals surface area contributed by atoms with Gasteiger partial charge in [-0.1, -0.05) is 12.1 Å². The van der Waals surface area contributed by atoms with E-state index in [4.69, 9.17) is 9.84 Å². The number of carbonyl (C=O) groups is 1. The molecule has 1 aliphatic rings. The predicted molar refractivity (Wildman–Crippen MR) is 76.6 cm³/mol. The zero-order valence-electron chi connectivity index (χ0n) is 11.8. The fourth-order valence-corrected chi connectivity index (χ4v) is 3.42. The van der Waals surface area contributed by atoms with E-state index in [0.29, 0.717) is 12.2 Å². The lowest BCUT2D eigenvalue weighted by molar-refractivity contribution is -0.136. The summed E-state index contributed by atoms with van der Waals surface area (Å²) in [6.45, 7) is 2.77. The van der Waals surface area contributed by atoms with Crippen LogP contribution < -0.4 is 4.72 Å². The van der Waals surface area contributed by atoms with Crippen molar-refractivity contribution in [3.05, 3.63) is 29.8 Å². The maximum Gasteiger partial charge on any atom is 0.307 e. The fraction of sp³-hybridized carbons (Fsp3) is 0.500. The molecular formula is C14H19NO5S. The summed E-state index contributed by atoms with van der Waals surface area (Å²) in [7, 11) is -3.61. The Kier molecular flexibility index (Phi) is 4.65. The molecule has 0 aliphatic carbocycles. The van der Waals surface area contributed by atoms with Crippen LogP contribution in [0.1, 0.15) is 25.3 Å². The van der Waals surface area contributed by atoms with E-state index in [1.807, 2.05) is 6.92 Å². The van der Waals surface area contributed by atoms with Gasteiger partial charge in [0.2, 0.25) is 10.0 Å². The number of ether oxygens (including phenoxy) is 1. The summed E-state index contributed by atoms with van der Waals surface area (Å²) in [5, 5.41) is 8.69. The number of carboxylic acids is 1. The van der Waals surface area contributed by atoms with Crippen LogP contribution in [-0.4, -0.2) is 38.2 Å². The minimum atomic E-state index is -3.61. The Hall–Kier alpha value is -1.44. The van der Waals surface area contributed by atoms with Crippen LogP contribution in [0.25, 0.3) is 0 Å². The molecule has 0 aromatic heterocycles. The molecule has 1 heterocycles. The number of nitrogens with one attached hydrogen (secondary N) is 1. The lowest BCUT2D eigenvalue weighted by atomic mass is 10.0. The molecule has 0 bridgehead atoms. The zero-order chi connectivity index (χ0) is 15.5. The smallest absolute Gasteiger partial charge is 0.307 e. The van der Waals surface area contributed by atoms with Crippen LogP contribution in [0.3, 0.4) is 0 Å². The molecule has 1 unspecified atom stereocenters. The van der Waals surface area contributed by atoms with Crippen molar-refractivity contribution >= 4 is 16.0 Å². The van der Waals surface area contributed by atoms with Crippen LogP contribution in [0.15, 0.2) is 29.2 Å². The largest absolute Gasteiger partial charge is 0.481 e. The van der Waals surface area contributed by atoms with Crippen molar-refractivity contribution in [2.75, 3.05) is 13.2 Å². The molecule has 1 atom stereocenters. The zero-order valence-corrected chi connectivity index (χ0v) is 12.6. The van der Waals surface area contributed by atoms with Crippen LogP contribution >= 0.6 is 0 Å². The third-order valence-corrected chi connectivity index (χ3v) is 4.94. The van der Waals surface area contributed by atoms with E-state index in [2.05, 4.69) is 4.72 Å². The van der Waals surface area contributed by atoms with Gasteiger partial charge in [-0.2, -0.15) is 0 Å². The standard InChI is InChI=1S/C14H19NO5S/c1-14(7-2-8-20-14)10-15-21(18,19)12-5-3-11(4-6-12)9-13(16)17/h3-6,15H,2,7-10H2,1H3,(H,16,17). The van der Waals surface area contributed by atoms with Crippen molar-refractivity contribution in [2.24, 2.45) is 0 Å². The second kappa shape index (κ2) is 6.13. The Morgan fingerprint density at radius 3 is 2.57 bits per heavy atom. The van der Waals surface area contributed by atoms with Crippen LogP contribution in [0.4, 0.5) is 0 Å². The number of hydrogen-bond acceptors (Lipinski definition) is 4. The first-order valence-corrected chi connectivity index (χ1v) is 8.23. The number of hydrogen-bond donors (Lipinski definition) is 2. The van der Waals surface area contributed by atoms with Gasteiger partial charge in [0, 0.05) is 13.2 Å². The van der Waals surface area contributed by atoms with Gasteiger partial charge in [-0.15, -0.1) is 0 Å². The number of carboxylic acid groups (broad SMARTS) is 1. The molecule has 7 heteroatoms. The minimum absolute atomic E-state index is 0.123. The van der Waals surface area contributed by atoms with Gasteiger partial charge in [0.25, 0.3) is 0 Å². The highest BCUT2D eigenvalue weighted by atomic mass is 32.2. The van der Waals surface area contributed by atoms with Gasteiger partial charge in [0.1, 0.15) is 0 Å². The number of sulfonamides is 1. The molecule has 1 aliphatic heterocycles. The average molecular weight is 313 g/mol. The molecular weight excluding hydrogens is 294 g/mol. The summed E-state index contributed by atoms with van der Waals surface area (Å²) in [6.07, 6.45) is 1.63. The van der Waals surface area contributed by atoms with E-state index >= 15 is 0 Å². The fourth-order valence-electron chi connectivity index (χ4n) is 2.27. The van der Waals surface area contributed by atoms with E-state index < -0.39 is 21.6 Å². The van der Waals surface area contributed by atoms with Gasteiger partial charge < -0.3 is 9.84 Å². The quantitative estimate of drug-likeness (QED) is 0.822. The highest BCUT2D eigenvalue weighted by Crippen LogP contribution is 2.24. The van der Waals surface area contributed by atoms with Crippen LogP contribution in [0, 0.1) is 0 Å². The first kappa shape index (κ1) is 15.9. The van der Waals surface area contributed by atoms with Crippen molar-refractivity contribution in [2.45, 2.75) is 36.7 Å². The van der Waals surface area contributed by atoms with Gasteiger partial charge in [0.15, 0.2) is 0 Å². The lowest BCUT2D eigenvalue weighted by Crippen LogP contribution is -2.40. The van der Waals surface area contributed by atoms with E-state index in [0.717, 1.165) is 12.8 Å². The van der Waals surface area contributed by atoms with Gasteiger partial charge in [0.05, 0.1) is 16.9 Å². The van der Waals surface area contributed by atoms with Gasteiger partial charge in [-0.3, -0.25) is 4.79 Å². The van der Waals surface area contributed by atoms with Crippen molar-refractivity contribution in [1.29, 1.82) is 0 Å². The van der Waals surface area contributed by atoms with E-state index in [-0.39, 0.29) is 17.9 Å². The summed E-state index contributed by atoms with van der Waals surface area (Å²) >= 11 is 0. The van der Waals surface area contributed by atoms with Crippen LogP contribution in [0.5, 0.6) is 0 Å². The molecule has 2 N–H and O–H groups in total. The third-order valence-electron chi connectivity index (χ3n) is 3.53. The van der Waals surface area contributed by atoms with E-state index in [9.17, 15) is 13.2 Å². The summed E-state index contributed by atoms with van der Waals surface area (Å²) in [4.78, 5) is 10.7. The first-order valence-electron chi connectivity index (χ1n) is 6.75. The lowest BCUT2D eigenvalue weighted by Gasteiger charge is -2.23. The molecule has 1 aromatic rings. The predicted octanol–water partition coefficient (Wildman–Crippen LogP) is 1.16. The highest BCUT2D eigenvalue weighted by Gasteiger charge is 2.31. The molecule has 1 fully saturated rings. The van der Waals surface area contributed by atoms with Crippen molar-refractivity contribution in [3.63, 3.8) is 0 Å². The molecule has 0 saturated carbocycles. The molecule has 2 rings (SSSR count). The number of aliphatic carboxylic acids is 1.